The molecule has 0 unspecified atom stereocenters. The molecule has 4 heterocycles. The van der Waals surface area contributed by atoms with Gasteiger partial charge in [0.25, 0.3) is 0 Å². The van der Waals surface area contributed by atoms with E-state index in [9.17, 15) is 92.7 Å². The Hall–Kier alpha value is -8.42. The molecule has 2 aromatic carbocycles. The van der Waals surface area contributed by atoms with Gasteiger partial charge in [-0.15, -0.1) is 0 Å². The molecule has 21 N–H and O–H groups in total. The predicted molar refractivity (Wildman–Crippen MR) is 371 cm³/mol. The second kappa shape index (κ2) is 39.7. The average molecular weight is 1530 g/mol. The van der Waals surface area contributed by atoms with Gasteiger partial charge in [-0.05, 0) is 68.5 Å². The summed E-state index contributed by atoms with van der Waals surface area (Å²) in [4.78, 5) is 227. The van der Waals surface area contributed by atoms with Gasteiger partial charge in [-0.2, -0.15) is 0 Å². The second-order valence-corrected chi connectivity index (χ2v) is 31.1. The molecule has 4 saturated heterocycles. The number of carbonyl (C=O) groups excluding carboxylic acids is 14. The molecule has 36 nitrogen and oxygen atoms in total. The SMILES string of the molecule is C[C@@H]1NC(=O)[C@@H]2CCCN2C(=O)[C@H](CC(N)=O)NC(=O)[C@@H]2CSSC[C@H](N)C(=O)N[C@H]3CSSC[C@H](NC1=O)C(=O)N[C@@H]([C@@H](C)O)C(=O)NCC(=O)N[C@@H](C(=O)N[C@@H](Cc1ccc(O)cc1)C(=O)O)CSSC[C@@H](NC(=O)[C@H](Cc1ccc(O)cc1)NC(=O)[C@H](CCC(=O)O)NC3=O)C(=O)N2. The van der Waals surface area contributed by atoms with Crippen LogP contribution in [-0.2, 0) is 89.6 Å². The molecule has 2 aromatic rings. The van der Waals surface area contributed by atoms with Gasteiger partial charge in [0.1, 0.15) is 84.0 Å². The summed E-state index contributed by atoms with van der Waals surface area (Å²) in [6.07, 6.45) is -4.71. The number of hydrogen-bond acceptors (Lipinski definition) is 26. The van der Waals surface area contributed by atoms with Crippen LogP contribution in [0.2, 0.25) is 0 Å². The zero-order valence-corrected chi connectivity index (χ0v) is 59.0. The van der Waals surface area contributed by atoms with E-state index in [1.165, 1.54) is 55.5 Å². The highest BCUT2D eigenvalue weighted by Gasteiger charge is 2.42. The van der Waals surface area contributed by atoms with Gasteiger partial charge in [0.05, 0.1) is 25.1 Å². The number of phenols is 2. The minimum atomic E-state index is -1.93. The third kappa shape index (κ3) is 25.9. The van der Waals surface area contributed by atoms with Gasteiger partial charge in [-0.3, -0.25) is 71.9 Å². The number of benzene rings is 2. The Morgan fingerprint density at radius 1 is 0.574 bits per heavy atom. The first-order chi connectivity index (χ1) is 47.9. The summed E-state index contributed by atoms with van der Waals surface area (Å²) >= 11 is 0. The minimum absolute atomic E-state index is 0.00937. The normalized spacial score (nSPS) is 27.3. The number of aliphatic hydroxyl groups excluding tert-OH is 1. The fourth-order valence-electron chi connectivity index (χ4n) is 10.0. The molecule has 4 aliphatic heterocycles. The quantitative estimate of drug-likeness (QED) is 0.0656. The first kappa shape index (κ1) is 81.5. The van der Waals surface area contributed by atoms with Crippen molar-refractivity contribution in [2.75, 3.05) is 47.6 Å². The number of aliphatic hydroxyl groups is 1. The van der Waals surface area contributed by atoms with Gasteiger partial charge in [0.2, 0.25) is 82.7 Å². The van der Waals surface area contributed by atoms with E-state index in [2.05, 4.69) is 63.8 Å². The Bertz CT molecular complexity index is 3400. The van der Waals surface area contributed by atoms with Gasteiger partial charge < -0.3 is 106 Å². The number of primary amides is 1. The van der Waals surface area contributed by atoms with E-state index in [0.29, 0.717) is 5.56 Å². The topological polar surface area (TPSA) is 574 Å². The number of carbonyl (C=O) groups is 16. The van der Waals surface area contributed by atoms with Gasteiger partial charge in [0, 0.05) is 60.3 Å². The number of rotatable bonds is 13. The van der Waals surface area contributed by atoms with Crippen molar-refractivity contribution >= 4 is 159 Å². The van der Waals surface area contributed by atoms with Gasteiger partial charge in [0.15, 0.2) is 0 Å². The van der Waals surface area contributed by atoms with Crippen LogP contribution in [0.1, 0.15) is 57.1 Å². The first-order valence-electron chi connectivity index (χ1n) is 31.2. The monoisotopic (exact) mass is 1530 g/mol. The molecule has 14 amide bonds. The van der Waals surface area contributed by atoms with Crippen molar-refractivity contribution in [3.05, 3.63) is 59.7 Å². The Labute approximate surface area is 600 Å². The van der Waals surface area contributed by atoms with Crippen LogP contribution in [-0.4, -0.2) is 257 Å². The third-order valence-corrected chi connectivity index (χ3v) is 22.9. The summed E-state index contributed by atoms with van der Waals surface area (Å²) in [7, 11) is 4.74. The number of phenolic OH excluding ortho intramolecular Hbond substituents is 2. The molecule has 0 radical (unpaired) electrons. The molecule has 552 valence electrons. The van der Waals surface area contributed by atoms with Crippen molar-refractivity contribution < 1.29 is 102 Å². The summed E-state index contributed by atoms with van der Waals surface area (Å²) in [5, 5.41) is 80.4. The van der Waals surface area contributed by atoms with E-state index in [1.807, 2.05) is 0 Å². The van der Waals surface area contributed by atoms with Gasteiger partial charge in [-0.25, -0.2) is 4.79 Å². The van der Waals surface area contributed by atoms with E-state index < -0.39 is 240 Å². The smallest absolute Gasteiger partial charge is 0.326 e. The Balaban J connectivity index is 1.56. The third-order valence-electron chi connectivity index (χ3n) is 15.6. The molecule has 0 aliphatic carbocycles. The molecular weight excluding hydrogens is 1450 g/mol. The van der Waals surface area contributed by atoms with Crippen molar-refractivity contribution in [1.82, 2.24) is 68.7 Å². The fourth-order valence-corrected chi connectivity index (χ4v) is 17.0. The zero-order valence-electron chi connectivity index (χ0n) is 54.1. The van der Waals surface area contributed by atoms with E-state index in [1.54, 1.807) is 0 Å². The van der Waals surface area contributed by atoms with Crippen LogP contribution >= 0.6 is 64.8 Å². The number of amides is 14. The highest BCUT2D eigenvalue weighted by atomic mass is 33.1. The lowest BCUT2D eigenvalue weighted by atomic mass is 10.0. The molecule has 0 saturated carbocycles. The molecule has 0 spiro atoms. The van der Waals surface area contributed by atoms with E-state index in [-0.39, 0.29) is 48.6 Å². The highest BCUT2D eigenvalue weighted by molar-refractivity contribution is 8.77. The molecular formula is C59H79N15O21S6. The maximum atomic E-state index is 15.1. The number of fused-ring (bicyclic) bond motifs is 20. The number of nitrogens with zero attached hydrogens (tertiary/aromatic N) is 1. The number of carboxylic acid groups (broad SMARTS) is 2. The van der Waals surface area contributed by atoms with Crippen molar-refractivity contribution in [2.24, 2.45) is 11.5 Å². The van der Waals surface area contributed by atoms with Crippen LogP contribution < -0.4 is 75.3 Å². The van der Waals surface area contributed by atoms with Crippen LogP contribution in [0, 0.1) is 0 Å². The number of hydrogen-bond donors (Lipinski definition) is 19. The van der Waals surface area contributed by atoms with Crippen LogP contribution in [0.5, 0.6) is 11.5 Å². The van der Waals surface area contributed by atoms with Crippen LogP contribution in [0.3, 0.4) is 0 Å². The molecule has 101 heavy (non-hydrogen) atoms. The van der Waals surface area contributed by atoms with Crippen LogP contribution in [0.15, 0.2) is 48.5 Å². The van der Waals surface area contributed by atoms with Crippen molar-refractivity contribution in [2.45, 2.75) is 143 Å². The molecule has 0 aromatic heterocycles. The van der Waals surface area contributed by atoms with Crippen molar-refractivity contribution in [3.8, 4) is 11.5 Å². The van der Waals surface area contributed by atoms with Crippen LogP contribution in [0.25, 0.3) is 0 Å². The summed E-state index contributed by atoms with van der Waals surface area (Å²) < 4.78 is 0. The fraction of sp³-hybridized carbons (Fsp3) is 0.525. The zero-order chi connectivity index (χ0) is 74.2. The van der Waals surface area contributed by atoms with E-state index >= 15 is 9.59 Å². The second-order valence-electron chi connectivity index (χ2n) is 23.5. The van der Waals surface area contributed by atoms with Crippen molar-refractivity contribution in [1.29, 1.82) is 0 Å². The molecule has 6 rings (SSSR count). The lowest BCUT2D eigenvalue weighted by molar-refractivity contribution is -0.143. The van der Waals surface area contributed by atoms with Crippen LogP contribution in [0.4, 0.5) is 0 Å². The maximum absolute atomic E-state index is 15.1. The van der Waals surface area contributed by atoms with E-state index in [4.69, 9.17) is 11.5 Å². The molecule has 42 heteroatoms. The number of carboxylic acids is 2. The summed E-state index contributed by atoms with van der Waals surface area (Å²) in [6.45, 7) is 1.18. The number of aliphatic carboxylic acids is 2. The predicted octanol–water partition coefficient (Wildman–Crippen LogP) is -5.94. The van der Waals surface area contributed by atoms with Gasteiger partial charge in [-0.1, -0.05) is 89.0 Å². The summed E-state index contributed by atoms with van der Waals surface area (Å²) in [6, 6.07) is -11.7. The molecule has 14 atom stereocenters. The number of nitrogens with two attached hydrogens (primary N) is 2. The maximum Gasteiger partial charge on any atom is 0.326 e. The molecule has 4 aliphatic rings. The minimum Gasteiger partial charge on any atom is -0.508 e. The lowest BCUT2D eigenvalue weighted by Crippen LogP contribution is -2.61. The molecule has 4 bridgehead atoms. The largest absolute Gasteiger partial charge is 0.508 e. The first-order valence-corrected chi connectivity index (χ1v) is 38.7. The highest BCUT2D eigenvalue weighted by Crippen LogP contribution is 2.28. The van der Waals surface area contributed by atoms with Gasteiger partial charge >= 0.3 is 11.9 Å². The molecule has 4 fully saturated rings. The Kier molecular flexibility index (Phi) is 32.1. The number of aromatic hydroxyl groups is 2. The number of nitrogens with one attached hydrogen (secondary N) is 12. The standard InChI is InChI=1S/C59H79N15O21S6/c1-26-47(82)69-41-25-101-99-22-38-52(87)65-33(13-14-45(80)81)49(84)66-34(16-28-5-9-30(76)10-6-28)50(85)71-40(54(89)72-39(23-97-96-20-32(60)48(83)70-38)53(88)67-35(18-43(61)78)58(93)74-15-3-4-42(74)56(91)63-26)24-100-98-21-37(64-44(79)19-62-57(92)46(27(2)75)73-55(41)90)51(86)68-36(59(94)95)17-29-7-11-31(77)12-8-29/h5-12,26-27,32-42,46,75-77H,3-4,13-25,60H2,1-2H3,(H2,61,78)(H,62,92)(H,63,91)(H,64,79)(H,65,87)(H,66,84)(H,67,88)(H,68,86)(H,69,82)(H,70,83)(H,71,85)(H,72,89)(H,73,90)(H,80,81)(H,94,95)/t26-,27+,32-,33-,34-,35-,36-,37+,38-,39-,40+,41-,42-,46-/m0/s1. The summed E-state index contributed by atoms with van der Waals surface area (Å²) in [5.74, 6) is -21.7. The van der Waals surface area contributed by atoms with Crippen molar-refractivity contribution in [3.63, 3.8) is 0 Å². The Morgan fingerprint density at radius 2 is 1.06 bits per heavy atom. The average Bonchev–Trinajstić information content (AvgIpc) is 1.75. The summed E-state index contributed by atoms with van der Waals surface area (Å²) in [5.41, 5.74) is 12.6. The van der Waals surface area contributed by atoms with E-state index in [0.717, 1.165) is 76.6 Å². The lowest BCUT2D eigenvalue weighted by Gasteiger charge is -2.30. The Morgan fingerprint density at radius 3 is 1.61 bits per heavy atom.